The molecule has 1 amide bonds. The first-order valence-electron chi connectivity index (χ1n) is 6.84. The molecular weight excluding hydrogens is 294 g/mol. The first-order valence-corrected chi connectivity index (χ1v) is 6.84. The van der Waals surface area contributed by atoms with Crippen molar-refractivity contribution >= 4 is 24.0 Å². The van der Waals surface area contributed by atoms with Crippen LogP contribution in [0.5, 0.6) is 0 Å². The number of nitro benzene ring substituents is 1. The molecule has 3 N–H and O–H groups in total. The fourth-order valence-corrected chi connectivity index (χ4v) is 1.90. The molecule has 0 saturated carbocycles. The highest BCUT2D eigenvalue weighted by molar-refractivity contribution is 5.85. The molecule has 0 saturated heterocycles. The molecule has 21 heavy (non-hydrogen) atoms. The summed E-state index contributed by atoms with van der Waals surface area (Å²) in [4.78, 5) is 22.0. The highest BCUT2D eigenvalue weighted by Gasteiger charge is 2.12. The van der Waals surface area contributed by atoms with Gasteiger partial charge in [0.1, 0.15) is 0 Å². The van der Waals surface area contributed by atoms with Gasteiger partial charge in [-0.15, -0.1) is 12.4 Å². The van der Waals surface area contributed by atoms with E-state index in [0.29, 0.717) is 18.5 Å². The van der Waals surface area contributed by atoms with Crippen LogP contribution in [0.1, 0.15) is 37.7 Å². The van der Waals surface area contributed by atoms with Crippen molar-refractivity contribution in [2.24, 2.45) is 5.73 Å². The zero-order valence-electron chi connectivity index (χ0n) is 11.9. The summed E-state index contributed by atoms with van der Waals surface area (Å²) in [6.45, 7) is 0.878. The summed E-state index contributed by atoms with van der Waals surface area (Å²) >= 11 is 0. The Morgan fingerprint density at radius 3 is 2.52 bits per heavy atom. The minimum Gasteiger partial charge on any atom is -0.352 e. The maximum absolute atomic E-state index is 11.6. The molecule has 1 rings (SSSR count). The quantitative estimate of drug-likeness (QED) is 0.415. The molecule has 0 atom stereocenters. The summed E-state index contributed by atoms with van der Waals surface area (Å²) in [5.41, 5.74) is 5.95. The van der Waals surface area contributed by atoms with E-state index < -0.39 is 4.92 Å². The number of benzene rings is 1. The largest absolute Gasteiger partial charge is 0.352 e. The number of hydrogen-bond donors (Lipinski definition) is 2. The number of nitrogens with one attached hydrogen (secondary N) is 1. The van der Waals surface area contributed by atoms with Gasteiger partial charge < -0.3 is 11.1 Å². The average Bonchev–Trinajstić information content (AvgIpc) is 2.45. The zero-order chi connectivity index (χ0) is 14.8. The highest BCUT2D eigenvalue weighted by atomic mass is 35.5. The molecule has 1 aromatic carbocycles. The molecule has 0 aliphatic carbocycles. The Morgan fingerprint density at radius 1 is 1.19 bits per heavy atom. The van der Waals surface area contributed by atoms with Gasteiger partial charge in [0, 0.05) is 24.6 Å². The van der Waals surface area contributed by atoms with E-state index in [1.807, 2.05) is 0 Å². The molecule has 0 spiro atoms. The van der Waals surface area contributed by atoms with Gasteiger partial charge in [-0.1, -0.05) is 31.0 Å². The van der Waals surface area contributed by atoms with E-state index in [-0.39, 0.29) is 30.5 Å². The van der Waals surface area contributed by atoms with Crippen LogP contribution in [-0.2, 0) is 11.3 Å². The molecule has 7 heteroatoms. The number of nitro groups is 1. The lowest BCUT2D eigenvalue weighted by molar-refractivity contribution is -0.385. The van der Waals surface area contributed by atoms with Gasteiger partial charge in [-0.25, -0.2) is 0 Å². The first kappa shape index (κ1) is 19.3. The summed E-state index contributed by atoms with van der Waals surface area (Å²) in [5.74, 6) is -0.0732. The van der Waals surface area contributed by atoms with Crippen molar-refractivity contribution in [2.45, 2.75) is 38.6 Å². The SMILES string of the molecule is Cl.NCCCCCCC(=O)NCc1ccccc1[N+](=O)[O-]. The number of halogens is 1. The molecule has 0 aliphatic rings. The van der Waals surface area contributed by atoms with E-state index >= 15 is 0 Å². The van der Waals surface area contributed by atoms with E-state index in [9.17, 15) is 14.9 Å². The number of unbranched alkanes of at least 4 members (excludes halogenated alkanes) is 3. The van der Waals surface area contributed by atoms with Gasteiger partial charge in [0.25, 0.3) is 5.69 Å². The number of para-hydroxylation sites is 1. The van der Waals surface area contributed by atoms with E-state index in [1.165, 1.54) is 6.07 Å². The van der Waals surface area contributed by atoms with Crippen LogP contribution >= 0.6 is 12.4 Å². The van der Waals surface area contributed by atoms with Crippen LogP contribution in [0.4, 0.5) is 5.69 Å². The molecule has 0 unspecified atom stereocenters. The predicted octanol–water partition coefficient (Wildman–Crippen LogP) is 2.54. The number of amides is 1. The van der Waals surface area contributed by atoms with Crippen molar-refractivity contribution in [3.05, 3.63) is 39.9 Å². The number of hydrogen-bond acceptors (Lipinski definition) is 4. The summed E-state index contributed by atoms with van der Waals surface area (Å²) in [5, 5.41) is 13.5. The molecule has 0 heterocycles. The lowest BCUT2D eigenvalue weighted by atomic mass is 10.1. The molecule has 0 bridgehead atoms. The van der Waals surface area contributed by atoms with Crippen molar-refractivity contribution in [2.75, 3.05) is 6.54 Å². The molecule has 6 nitrogen and oxygen atoms in total. The molecule has 118 valence electrons. The number of carbonyl (C=O) groups excluding carboxylic acids is 1. The summed E-state index contributed by atoms with van der Waals surface area (Å²) in [7, 11) is 0. The lowest BCUT2D eigenvalue weighted by Gasteiger charge is -2.06. The fourth-order valence-electron chi connectivity index (χ4n) is 1.90. The van der Waals surface area contributed by atoms with E-state index in [0.717, 1.165) is 25.7 Å². The van der Waals surface area contributed by atoms with Gasteiger partial charge in [-0.3, -0.25) is 14.9 Å². The van der Waals surface area contributed by atoms with Crippen molar-refractivity contribution in [3.63, 3.8) is 0 Å². The van der Waals surface area contributed by atoms with Crippen LogP contribution in [0.2, 0.25) is 0 Å². The third kappa shape index (κ3) is 7.63. The average molecular weight is 316 g/mol. The Balaban J connectivity index is 0.00000400. The van der Waals surface area contributed by atoms with Crippen LogP contribution in [0.25, 0.3) is 0 Å². The van der Waals surface area contributed by atoms with Crippen LogP contribution in [0.15, 0.2) is 24.3 Å². The second-order valence-corrected chi connectivity index (χ2v) is 4.62. The van der Waals surface area contributed by atoms with Gasteiger partial charge in [0.15, 0.2) is 0 Å². The lowest BCUT2D eigenvalue weighted by Crippen LogP contribution is -2.22. The van der Waals surface area contributed by atoms with Gasteiger partial charge in [0.05, 0.1) is 4.92 Å². The fraction of sp³-hybridized carbons (Fsp3) is 0.500. The van der Waals surface area contributed by atoms with Crippen LogP contribution in [0, 0.1) is 10.1 Å². The molecular formula is C14H22ClN3O3. The molecule has 0 aromatic heterocycles. The third-order valence-electron chi connectivity index (χ3n) is 3.02. The van der Waals surface area contributed by atoms with Crippen LogP contribution in [-0.4, -0.2) is 17.4 Å². The first-order chi connectivity index (χ1) is 9.65. The predicted molar refractivity (Wildman–Crippen MR) is 84.3 cm³/mol. The molecule has 0 radical (unpaired) electrons. The normalized spacial score (nSPS) is 9.76. The minimum absolute atomic E-state index is 0. The Hall–Kier alpha value is -1.66. The molecule has 0 fully saturated rings. The van der Waals surface area contributed by atoms with Crippen molar-refractivity contribution in [1.29, 1.82) is 0 Å². The van der Waals surface area contributed by atoms with E-state index in [2.05, 4.69) is 5.32 Å². The monoisotopic (exact) mass is 315 g/mol. The summed E-state index contributed by atoms with van der Waals surface area (Å²) in [6.07, 6.45) is 4.27. The number of rotatable bonds is 9. The number of carbonyl (C=O) groups is 1. The number of nitrogens with two attached hydrogens (primary N) is 1. The van der Waals surface area contributed by atoms with E-state index in [1.54, 1.807) is 18.2 Å². The van der Waals surface area contributed by atoms with E-state index in [4.69, 9.17) is 5.73 Å². The van der Waals surface area contributed by atoms with Crippen molar-refractivity contribution in [1.82, 2.24) is 5.32 Å². The molecule has 0 aliphatic heterocycles. The summed E-state index contributed by atoms with van der Waals surface area (Å²) < 4.78 is 0. The highest BCUT2D eigenvalue weighted by Crippen LogP contribution is 2.17. The van der Waals surface area contributed by atoms with Gasteiger partial charge in [-0.2, -0.15) is 0 Å². The Kier molecular flexibility index (Phi) is 10.2. The number of nitrogens with zero attached hydrogens (tertiary/aromatic N) is 1. The van der Waals surface area contributed by atoms with Crippen molar-refractivity contribution < 1.29 is 9.72 Å². The maximum Gasteiger partial charge on any atom is 0.274 e. The van der Waals surface area contributed by atoms with Crippen molar-refractivity contribution in [3.8, 4) is 0 Å². The maximum atomic E-state index is 11.6. The van der Waals surface area contributed by atoms with Gasteiger partial charge in [-0.05, 0) is 19.4 Å². The smallest absolute Gasteiger partial charge is 0.274 e. The standard InChI is InChI=1S/C14H21N3O3.ClH/c15-10-6-2-1-3-9-14(18)16-11-12-7-4-5-8-13(12)17(19)20;/h4-5,7-8H,1-3,6,9-11,15H2,(H,16,18);1H. The van der Waals surface area contributed by atoms with Crippen LogP contribution < -0.4 is 11.1 Å². The Labute approximate surface area is 130 Å². The Bertz CT molecular complexity index is 455. The minimum atomic E-state index is -0.436. The summed E-state index contributed by atoms with van der Waals surface area (Å²) in [6, 6.07) is 6.43. The topological polar surface area (TPSA) is 98.3 Å². The van der Waals surface area contributed by atoms with Crippen LogP contribution in [0.3, 0.4) is 0 Å². The zero-order valence-corrected chi connectivity index (χ0v) is 12.7. The van der Waals surface area contributed by atoms with Gasteiger partial charge in [0.2, 0.25) is 5.91 Å². The Morgan fingerprint density at radius 2 is 1.86 bits per heavy atom. The second kappa shape index (κ2) is 11.0. The second-order valence-electron chi connectivity index (χ2n) is 4.62. The molecule has 1 aromatic rings. The van der Waals surface area contributed by atoms with Gasteiger partial charge >= 0.3 is 0 Å². The third-order valence-corrected chi connectivity index (χ3v) is 3.02.